The molecule has 0 bridgehead atoms. The smallest absolute Gasteiger partial charge is 0.355 e. The first-order chi connectivity index (χ1) is 11.9. The van der Waals surface area contributed by atoms with E-state index in [9.17, 15) is 25.5 Å². The maximum Gasteiger partial charge on any atom is 0.355 e. The Balaban J connectivity index is 1.96. The molecule has 5 N–H and O–H groups in total. The summed E-state index contributed by atoms with van der Waals surface area (Å²) in [5.41, 5.74) is 0.505. The number of methoxy groups -OCH3 is 1. The number of rotatable bonds is 4. The van der Waals surface area contributed by atoms with Crippen LogP contribution in [-0.2, 0) is 4.74 Å². The SMILES string of the molecule is COc1ccc2c(O[C@@]3(O)O[C@H](CO)[C@@H](O)[C@H](O)[C@H]3O)ccnc2c1. The molecule has 0 saturated carbocycles. The highest BCUT2D eigenvalue weighted by Gasteiger charge is 2.55. The van der Waals surface area contributed by atoms with Gasteiger partial charge in [0.05, 0.1) is 19.2 Å². The molecule has 1 aromatic carbocycles. The Labute approximate surface area is 142 Å². The third-order valence-electron chi connectivity index (χ3n) is 4.09. The summed E-state index contributed by atoms with van der Waals surface area (Å²) in [5, 5.41) is 49.9. The largest absolute Gasteiger partial charge is 0.497 e. The van der Waals surface area contributed by atoms with Crippen LogP contribution >= 0.6 is 0 Å². The lowest BCUT2D eigenvalue weighted by Gasteiger charge is -2.44. The molecule has 1 fully saturated rings. The summed E-state index contributed by atoms with van der Waals surface area (Å²) in [5.74, 6) is -1.97. The van der Waals surface area contributed by atoms with E-state index in [4.69, 9.17) is 14.2 Å². The van der Waals surface area contributed by atoms with Crippen LogP contribution in [0.5, 0.6) is 11.5 Å². The minimum Gasteiger partial charge on any atom is -0.497 e. The number of pyridine rings is 1. The van der Waals surface area contributed by atoms with Crippen molar-refractivity contribution >= 4 is 10.9 Å². The molecule has 1 aliphatic rings. The maximum absolute atomic E-state index is 10.5. The summed E-state index contributed by atoms with van der Waals surface area (Å²) in [6, 6.07) is 6.39. The van der Waals surface area contributed by atoms with Gasteiger partial charge >= 0.3 is 5.97 Å². The Hall–Kier alpha value is -2.01. The van der Waals surface area contributed by atoms with Crippen LogP contribution in [0.15, 0.2) is 30.5 Å². The van der Waals surface area contributed by atoms with Gasteiger partial charge in [0, 0.05) is 17.6 Å². The molecule has 25 heavy (non-hydrogen) atoms. The second kappa shape index (κ2) is 6.71. The van der Waals surface area contributed by atoms with Crippen LogP contribution < -0.4 is 9.47 Å². The van der Waals surface area contributed by atoms with Crippen LogP contribution in [0.25, 0.3) is 10.9 Å². The van der Waals surface area contributed by atoms with E-state index in [-0.39, 0.29) is 5.75 Å². The fourth-order valence-electron chi connectivity index (χ4n) is 2.68. The summed E-state index contributed by atoms with van der Waals surface area (Å²) in [4.78, 5) is 4.17. The van der Waals surface area contributed by atoms with Gasteiger partial charge in [0.25, 0.3) is 0 Å². The van der Waals surface area contributed by atoms with Crippen LogP contribution in [0.3, 0.4) is 0 Å². The third-order valence-corrected chi connectivity index (χ3v) is 4.09. The standard InChI is InChI=1S/C16H19NO8/c1-23-8-2-3-9-10(6-8)17-5-4-11(9)24-16(22)15(21)14(20)13(19)12(7-18)25-16/h2-6,12-15,18-22H,7H2,1H3/t12-,13-,14+,15-,16-/m1/s1. The molecule has 9 nitrogen and oxygen atoms in total. The molecule has 2 aromatic rings. The topological polar surface area (TPSA) is 142 Å². The second-order valence-corrected chi connectivity index (χ2v) is 5.69. The number of hydrogen-bond acceptors (Lipinski definition) is 9. The second-order valence-electron chi connectivity index (χ2n) is 5.69. The molecule has 136 valence electrons. The predicted molar refractivity (Wildman–Crippen MR) is 83.9 cm³/mol. The first-order valence-electron chi connectivity index (χ1n) is 7.56. The monoisotopic (exact) mass is 353 g/mol. The number of aliphatic hydroxyl groups is 5. The maximum atomic E-state index is 10.5. The van der Waals surface area contributed by atoms with E-state index in [1.54, 1.807) is 18.2 Å². The average molecular weight is 353 g/mol. The van der Waals surface area contributed by atoms with E-state index in [0.29, 0.717) is 16.7 Å². The van der Waals surface area contributed by atoms with E-state index in [0.717, 1.165) is 0 Å². The van der Waals surface area contributed by atoms with Crippen molar-refractivity contribution in [3.63, 3.8) is 0 Å². The van der Waals surface area contributed by atoms with Crippen molar-refractivity contribution in [2.45, 2.75) is 30.4 Å². The van der Waals surface area contributed by atoms with Crippen LogP contribution in [0.1, 0.15) is 0 Å². The van der Waals surface area contributed by atoms with Crippen LogP contribution in [0.2, 0.25) is 0 Å². The number of hydrogen-bond donors (Lipinski definition) is 5. The Morgan fingerprint density at radius 2 is 1.96 bits per heavy atom. The highest BCUT2D eigenvalue weighted by Crippen LogP contribution is 2.34. The van der Waals surface area contributed by atoms with Gasteiger partial charge in [-0.1, -0.05) is 0 Å². The zero-order valence-corrected chi connectivity index (χ0v) is 13.3. The minimum atomic E-state index is -2.67. The highest BCUT2D eigenvalue weighted by atomic mass is 16.8. The quantitative estimate of drug-likeness (QED) is 0.426. The van der Waals surface area contributed by atoms with E-state index < -0.39 is 37.0 Å². The molecule has 0 spiro atoms. The molecule has 0 unspecified atom stereocenters. The number of aliphatic hydroxyl groups excluding tert-OH is 4. The number of fused-ring (bicyclic) bond motifs is 1. The summed E-state index contributed by atoms with van der Waals surface area (Å²) in [6.07, 6.45) is -5.24. The molecule has 0 radical (unpaired) electrons. The molecule has 0 amide bonds. The lowest BCUT2D eigenvalue weighted by Crippen LogP contribution is -2.67. The Morgan fingerprint density at radius 1 is 1.20 bits per heavy atom. The van der Waals surface area contributed by atoms with Crippen molar-refractivity contribution < 1.29 is 39.7 Å². The van der Waals surface area contributed by atoms with E-state index in [1.807, 2.05) is 0 Å². The van der Waals surface area contributed by atoms with Gasteiger partial charge in [0.1, 0.15) is 29.8 Å². The average Bonchev–Trinajstić information content (AvgIpc) is 2.63. The Kier molecular flexibility index (Phi) is 4.78. The molecule has 3 rings (SSSR count). The fraction of sp³-hybridized carbons (Fsp3) is 0.438. The number of aromatic nitrogens is 1. The molecular formula is C16H19NO8. The number of nitrogens with zero attached hydrogens (tertiary/aromatic N) is 1. The van der Waals surface area contributed by atoms with Gasteiger partial charge < -0.3 is 39.7 Å². The number of benzene rings is 1. The summed E-state index contributed by atoms with van der Waals surface area (Å²) in [6.45, 7) is -0.690. The van der Waals surface area contributed by atoms with E-state index >= 15 is 0 Å². The van der Waals surface area contributed by atoms with Crippen molar-refractivity contribution in [2.75, 3.05) is 13.7 Å². The van der Waals surface area contributed by atoms with Gasteiger partial charge in [-0.2, -0.15) is 0 Å². The van der Waals surface area contributed by atoms with Crippen molar-refractivity contribution in [3.05, 3.63) is 30.5 Å². The predicted octanol–water partition coefficient (Wildman–Crippen LogP) is -1.26. The normalized spacial score (nSPS) is 32.6. The van der Waals surface area contributed by atoms with Crippen molar-refractivity contribution in [3.8, 4) is 11.5 Å². The van der Waals surface area contributed by atoms with Crippen molar-refractivity contribution in [1.82, 2.24) is 4.98 Å². The number of ether oxygens (including phenoxy) is 3. The lowest BCUT2D eigenvalue weighted by atomic mass is 9.98. The van der Waals surface area contributed by atoms with Gasteiger partial charge in [0.2, 0.25) is 0 Å². The Morgan fingerprint density at radius 3 is 2.64 bits per heavy atom. The van der Waals surface area contributed by atoms with E-state index in [2.05, 4.69) is 4.98 Å². The molecule has 5 atom stereocenters. The minimum absolute atomic E-state index is 0.120. The van der Waals surface area contributed by atoms with E-state index in [1.165, 1.54) is 19.4 Å². The zero-order chi connectivity index (χ0) is 18.2. The molecule has 0 aliphatic carbocycles. The van der Waals surface area contributed by atoms with Crippen LogP contribution in [0, 0.1) is 0 Å². The first-order valence-corrected chi connectivity index (χ1v) is 7.56. The van der Waals surface area contributed by atoms with Gasteiger partial charge in [-0.05, 0) is 18.2 Å². The zero-order valence-electron chi connectivity index (χ0n) is 13.3. The summed E-state index contributed by atoms with van der Waals surface area (Å²) < 4.78 is 15.6. The van der Waals surface area contributed by atoms with Gasteiger partial charge in [0.15, 0.2) is 6.10 Å². The lowest BCUT2D eigenvalue weighted by molar-refractivity contribution is -0.422. The molecule has 1 aliphatic heterocycles. The van der Waals surface area contributed by atoms with Gasteiger partial charge in [-0.15, -0.1) is 0 Å². The summed E-state index contributed by atoms with van der Waals surface area (Å²) >= 11 is 0. The van der Waals surface area contributed by atoms with Crippen molar-refractivity contribution in [2.24, 2.45) is 0 Å². The molecule has 1 saturated heterocycles. The molecule has 1 aromatic heterocycles. The highest BCUT2D eigenvalue weighted by molar-refractivity contribution is 5.86. The van der Waals surface area contributed by atoms with Crippen LogP contribution in [-0.4, -0.2) is 74.6 Å². The molecule has 2 heterocycles. The van der Waals surface area contributed by atoms with Crippen molar-refractivity contribution in [1.29, 1.82) is 0 Å². The fourth-order valence-corrected chi connectivity index (χ4v) is 2.68. The first kappa shape index (κ1) is 17.8. The molecule has 9 heteroatoms. The van der Waals surface area contributed by atoms with Gasteiger partial charge in [-0.3, -0.25) is 4.98 Å². The summed E-state index contributed by atoms with van der Waals surface area (Å²) in [7, 11) is 1.51. The molecular weight excluding hydrogens is 334 g/mol. The third kappa shape index (κ3) is 3.13. The van der Waals surface area contributed by atoms with Crippen LogP contribution in [0.4, 0.5) is 0 Å². The van der Waals surface area contributed by atoms with Gasteiger partial charge in [-0.25, -0.2) is 0 Å². The Bertz CT molecular complexity index is 754.